The van der Waals surface area contributed by atoms with Crippen molar-refractivity contribution in [1.82, 2.24) is 4.90 Å². The minimum Gasteiger partial charge on any atom is -0.505 e. The number of carbonyl (C=O) groups excluding carboxylic acids is 1. The lowest BCUT2D eigenvalue weighted by atomic mass is 9.99. The lowest BCUT2D eigenvalue weighted by molar-refractivity contribution is 0.0467. The molecule has 1 amide bonds. The van der Waals surface area contributed by atoms with E-state index >= 15 is 0 Å². The van der Waals surface area contributed by atoms with Crippen LogP contribution < -0.4 is 0 Å². The van der Waals surface area contributed by atoms with Crippen LogP contribution in [0, 0.1) is 11.7 Å². The summed E-state index contributed by atoms with van der Waals surface area (Å²) in [5.74, 6) is -0.516. The normalized spacial score (nSPS) is 15.0. The SMILES string of the molecule is CCN(CC1CCOCC1)C(=O)c1ccc(-c2ccc(O)c(F)c2)cc1. The van der Waals surface area contributed by atoms with E-state index in [-0.39, 0.29) is 11.7 Å². The molecule has 0 aliphatic carbocycles. The van der Waals surface area contributed by atoms with Gasteiger partial charge in [-0.3, -0.25) is 4.79 Å². The van der Waals surface area contributed by atoms with Crippen molar-refractivity contribution in [2.75, 3.05) is 26.3 Å². The van der Waals surface area contributed by atoms with Crippen LogP contribution in [-0.4, -0.2) is 42.2 Å². The summed E-state index contributed by atoms with van der Waals surface area (Å²) in [6, 6.07) is 11.4. The molecule has 26 heavy (non-hydrogen) atoms. The van der Waals surface area contributed by atoms with Gasteiger partial charge in [0.25, 0.3) is 5.91 Å². The van der Waals surface area contributed by atoms with Gasteiger partial charge in [0.05, 0.1) is 0 Å². The number of aromatic hydroxyl groups is 1. The zero-order chi connectivity index (χ0) is 18.5. The van der Waals surface area contributed by atoms with Gasteiger partial charge in [-0.25, -0.2) is 4.39 Å². The van der Waals surface area contributed by atoms with Gasteiger partial charge >= 0.3 is 0 Å². The fourth-order valence-electron chi connectivity index (χ4n) is 3.27. The Kier molecular flexibility index (Phi) is 5.89. The predicted octanol–water partition coefficient (Wildman–Crippen LogP) is 4.09. The van der Waals surface area contributed by atoms with Crippen molar-refractivity contribution < 1.29 is 19.0 Å². The van der Waals surface area contributed by atoms with Crippen LogP contribution in [0.3, 0.4) is 0 Å². The van der Waals surface area contributed by atoms with Gasteiger partial charge in [-0.05, 0) is 61.1 Å². The summed E-state index contributed by atoms with van der Waals surface area (Å²) in [4.78, 5) is 14.7. The van der Waals surface area contributed by atoms with E-state index in [1.165, 1.54) is 12.1 Å². The Morgan fingerprint density at radius 2 is 1.81 bits per heavy atom. The molecule has 1 aliphatic rings. The smallest absolute Gasteiger partial charge is 0.253 e. The summed E-state index contributed by atoms with van der Waals surface area (Å²) in [7, 11) is 0. The number of hydrogen-bond acceptors (Lipinski definition) is 3. The fraction of sp³-hybridized carbons (Fsp3) is 0.381. The molecule has 1 aliphatic heterocycles. The first-order valence-electron chi connectivity index (χ1n) is 9.04. The van der Waals surface area contributed by atoms with Crippen molar-refractivity contribution in [1.29, 1.82) is 0 Å². The lowest BCUT2D eigenvalue weighted by Gasteiger charge is -2.29. The molecule has 0 aromatic heterocycles. The summed E-state index contributed by atoms with van der Waals surface area (Å²) < 4.78 is 18.9. The maximum atomic E-state index is 13.5. The Morgan fingerprint density at radius 3 is 2.42 bits per heavy atom. The Labute approximate surface area is 153 Å². The minimum absolute atomic E-state index is 0.0161. The highest BCUT2D eigenvalue weighted by Gasteiger charge is 2.21. The minimum atomic E-state index is -0.656. The van der Waals surface area contributed by atoms with Crippen LogP contribution in [0.25, 0.3) is 11.1 Å². The Hall–Kier alpha value is -2.40. The van der Waals surface area contributed by atoms with Gasteiger partial charge in [0.1, 0.15) is 0 Å². The van der Waals surface area contributed by atoms with E-state index < -0.39 is 5.82 Å². The quantitative estimate of drug-likeness (QED) is 0.877. The predicted molar refractivity (Wildman–Crippen MR) is 98.6 cm³/mol. The zero-order valence-electron chi connectivity index (χ0n) is 15.0. The van der Waals surface area contributed by atoms with Crippen molar-refractivity contribution >= 4 is 5.91 Å². The van der Waals surface area contributed by atoms with Crippen LogP contribution >= 0.6 is 0 Å². The molecule has 0 bridgehead atoms. The molecule has 4 nitrogen and oxygen atoms in total. The van der Waals surface area contributed by atoms with Crippen molar-refractivity contribution in [3.63, 3.8) is 0 Å². The largest absolute Gasteiger partial charge is 0.505 e. The summed E-state index contributed by atoms with van der Waals surface area (Å²) in [6.45, 7) is 4.96. The van der Waals surface area contributed by atoms with Gasteiger partial charge in [-0.15, -0.1) is 0 Å². The van der Waals surface area contributed by atoms with Crippen molar-refractivity contribution in [3.05, 3.63) is 53.8 Å². The highest BCUT2D eigenvalue weighted by molar-refractivity contribution is 5.94. The van der Waals surface area contributed by atoms with E-state index in [0.717, 1.165) is 38.2 Å². The van der Waals surface area contributed by atoms with Crippen LogP contribution in [0.15, 0.2) is 42.5 Å². The topological polar surface area (TPSA) is 49.8 Å². The van der Waals surface area contributed by atoms with Crippen molar-refractivity contribution in [2.45, 2.75) is 19.8 Å². The second kappa shape index (κ2) is 8.32. The van der Waals surface area contributed by atoms with Gasteiger partial charge < -0.3 is 14.7 Å². The standard InChI is InChI=1S/C21H24FNO3/c1-2-23(14-15-9-11-26-12-10-15)21(25)17-5-3-16(4-6-17)18-7-8-20(24)19(22)13-18/h3-8,13,15,24H,2,9-12,14H2,1H3. The van der Waals surface area contributed by atoms with E-state index in [2.05, 4.69) is 0 Å². The Morgan fingerprint density at radius 1 is 1.15 bits per heavy atom. The number of halogens is 1. The molecule has 2 aromatic rings. The molecule has 5 heteroatoms. The van der Waals surface area contributed by atoms with E-state index in [0.29, 0.717) is 23.6 Å². The second-order valence-corrected chi connectivity index (χ2v) is 6.64. The molecule has 0 saturated carbocycles. The molecule has 3 rings (SSSR count). The van der Waals surface area contributed by atoms with E-state index in [4.69, 9.17) is 4.74 Å². The van der Waals surface area contributed by atoms with E-state index in [1.54, 1.807) is 30.3 Å². The van der Waals surface area contributed by atoms with Crippen LogP contribution in [0.1, 0.15) is 30.1 Å². The fourth-order valence-corrected chi connectivity index (χ4v) is 3.27. The molecular formula is C21H24FNO3. The number of hydrogen-bond donors (Lipinski definition) is 1. The molecule has 1 N–H and O–H groups in total. The van der Waals surface area contributed by atoms with Gasteiger partial charge in [0.2, 0.25) is 0 Å². The zero-order valence-corrected chi connectivity index (χ0v) is 15.0. The molecule has 2 aromatic carbocycles. The van der Waals surface area contributed by atoms with Crippen molar-refractivity contribution in [3.8, 4) is 16.9 Å². The first kappa shape index (κ1) is 18.4. The summed E-state index contributed by atoms with van der Waals surface area (Å²) in [5.41, 5.74) is 2.09. The van der Waals surface area contributed by atoms with E-state index in [9.17, 15) is 14.3 Å². The maximum absolute atomic E-state index is 13.5. The lowest BCUT2D eigenvalue weighted by Crippen LogP contribution is -2.37. The van der Waals surface area contributed by atoms with Crippen LogP contribution in [0.5, 0.6) is 5.75 Å². The molecular weight excluding hydrogens is 333 g/mol. The van der Waals surface area contributed by atoms with Gasteiger partial charge in [-0.2, -0.15) is 0 Å². The number of benzene rings is 2. The molecule has 1 heterocycles. The van der Waals surface area contributed by atoms with Crippen LogP contribution in [-0.2, 0) is 4.74 Å². The van der Waals surface area contributed by atoms with Crippen LogP contribution in [0.4, 0.5) is 4.39 Å². The number of carbonyl (C=O) groups is 1. The molecule has 0 unspecified atom stereocenters. The van der Waals surface area contributed by atoms with Gasteiger partial charge in [-0.1, -0.05) is 18.2 Å². The number of rotatable bonds is 5. The molecule has 0 radical (unpaired) electrons. The molecule has 0 atom stereocenters. The summed E-state index contributed by atoms with van der Waals surface area (Å²) in [6.07, 6.45) is 1.99. The summed E-state index contributed by atoms with van der Waals surface area (Å²) >= 11 is 0. The third kappa shape index (κ3) is 4.22. The summed E-state index contributed by atoms with van der Waals surface area (Å²) in [5, 5.41) is 9.30. The number of ether oxygens (including phenoxy) is 1. The molecule has 1 fully saturated rings. The average molecular weight is 357 g/mol. The number of phenols is 1. The average Bonchev–Trinajstić information content (AvgIpc) is 2.68. The molecule has 138 valence electrons. The highest BCUT2D eigenvalue weighted by atomic mass is 19.1. The number of phenolic OH excluding ortho intramolecular Hbond substituents is 1. The maximum Gasteiger partial charge on any atom is 0.253 e. The number of amides is 1. The van der Waals surface area contributed by atoms with Crippen molar-refractivity contribution in [2.24, 2.45) is 5.92 Å². The second-order valence-electron chi connectivity index (χ2n) is 6.64. The Balaban J connectivity index is 1.71. The van der Waals surface area contributed by atoms with Crippen LogP contribution in [0.2, 0.25) is 0 Å². The number of nitrogens with zero attached hydrogens (tertiary/aromatic N) is 1. The third-order valence-electron chi connectivity index (χ3n) is 4.90. The molecule has 0 spiro atoms. The van der Waals surface area contributed by atoms with Gasteiger partial charge in [0.15, 0.2) is 11.6 Å². The molecule has 1 saturated heterocycles. The van der Waals surface area contributed by atoms with E-state index in [1.807, 2.05) is 11.8 Å². The first-order valence-corrected chi connectivity index (χ1v) is 9.04. The first-order chi connectivity index (χ1) is 12.6. The monoisotopic (exact) mass is 357 g/mol. The highest BCUT2D eigenvalue weighted by Crippen LogP contribution is 2.25. The third-order valence-corrected chi connectivity index (χ3v) is 4.90. The van der Waals surface area contributed by atoms with Gasteiger partial charge in [0, 0.05) is 31.9 Å². The Bertz CT molecular complexity index is 754.